The molecular weight excluding hydrogens is 418 g/mol. The number of nitrogens with zero attached hydrogens (tertiary/aromatic N) is 3. The number of carbonyl (C=O) groups is 2. The summed E-state index contributed by atoms with van der Waals surface area (Å²) in [7, 11) is 0. The van der Waals surface area contributed by atoms with E-state index >= 15 is 0 Å². The second kappa shape index (κ2) is 9.65. The van der Waals surface area contributed by atoms with Gasteiger partial charge in [0.15, 0.2) is 18.1 Å². The number of ether oxygens (including phenoxy) is 3. The summed E-state index contributed by atoms with van der Waals surface area (Å²) in [6.07, 6.45) is 0. The van der Waals surface area contributed by atoms with Gasteiger partial charge in [-0.3, -0.25) is 19.8 Å². The summed E-state index contributed by atoms with van der Waals surface area (Å²) in [6.45, 7) is 3.33. The van der Waals surface area contributed by atoms with E-state index in [4.69, 9.17) is 14.2 Å². The molecule has 2 aromatic rings. The fraction of sp³-hybridized carbons (Fsp3) is 0.364. The molecule has 0 bridgehead atoms. The first-order chi connectivity index (χ1) is 15.5. The van der Waals surface area contributed by atoms with Gasteiger partial charge in [0.1, 0.15) is 18.8 Å². The largest absolute Gasteiger partial charge is 0.486 e. The van der Waals surface area contributed by atoms with Gasteiger partial charge in [0.2, 0.25) is 0 Å². The molecule has 0 unspecified atom stereocenters. The van der Waals surface area contributed by atoms with Crippen molar-refractivity contribution in [2.45, 2.75) is 6.54 Å². The Balaban J connectivity index is 1.32. The summed E-state index contributed by atoms with van der Waals surface area (Å²) in [5.41, 5.74) is 0.475. The highest BCUT2D eigenvalue weighted by molar-refractivity contribution is 5.96. The first-order valence-corrected chi connectivity index (χ1v) is 10.3. The van der Waals surface area contributed by atoms with Crippen LogP contribution in [0.15, 0.2) is 42.5 Å². The summed E-state index contributed by atoms with van der Waals surface area (Å²) >= 11 is 0. The summed E-state index contributed by atoms with van der Waals surface area (Å²) in [5, 5.41) is 11.4. The molecule has 2 heterocycles. The van der Waals surface area contributed by atoms with Crippen molar-refractivity contribution < 1.29 is 28.7 Å². The predicted molar refractivity (Wildman–Crippen MR) is 113 cm³/mol. The Morgan fingerprint density at radius 3 is 2.31 bits per heavy atom. The minimum atomic E-state index is -0.954. The third kappa shape index (κ3) is 4.97. The molecule has 168 valence electrons. The van der Waals surface area contributed by atoms with Crippen molar-refractivity contribution in [3.05, 3.63) is 63.7 Å². The molecule has 1 saturated heterocycles. The summed E-state index contributed by atoms with van der Waals surface area (Å²) < 4.78 is 15.8. The molecule has 0 radical (unpaired) electrons. The molecule has 0 atom stereocenters. The fourth-order valence-electron chi connectivity index (χ4n) is 3.69. The van der Waals surface area contributed by atoms with Crippen LogP contribution in [0.5, 0.6) is 11.5 Å². The SMILES string of the molecule is O=C(OCC(=O)N1CCN(Cc2ccccc2)CC1)c1cc2c(cc1[N+](=O)[O-])OCCO2. The number of benzene rings is 2. The lowest BCUT2D eigenvalue weighted by molar-refractivity contribution is -0.385. The van der Waals surface area contributed by atoms with Gasteiger partial charge in [-0.05, 0) is 5.56 Å². The Kier molecular flexibility index (Phi) is 6.50. The van der Waals surface area contributed by atoms with Gasteiger partial charge in [-0.15, -0.1) is 0 Å². The van der Waals surface area contributed by atoms with Crippen LogP contribution in [-0.2, 0) is 16.1 Å². The van der Waals surface area contributed by atoms with Gasteiger partial charge in [-0.25, -0.2) is 4.79 Å². The maximum absolute atomic E-state index is 12.5. The molecule has 0 aliphatic carbocycles. The Morgan fingerprint density at radius 2 is 1.66 bits per heavy atom. The van der Waals surface area contributed by atoms with Gasteiger partial charge in [-0.1, -0.05) is 30.3 Å². The number of esters is 1. The van der Waals surface area contributed by atoms with Gasteiger partial charge in [-0.2, -0.15) is 0 Å². The van der Waals surface area contributed by atoms with E-state index < -0.39 is 23.2 Å². The maximum Gasteiger partial charge on any atom is 0.345 e. The first kappa shape index (κ1) is 21.6. The second-order valence-electron chi connectivity index (χ2n) is 7.49. The average molecular weight is 441 g/mol. The minimum absolute atomic E-state index is 0.198. The second-order valence-corrected chi connectivity index (χ2v) is 7.49. The van der Waals surface area contributed by atoms with Gasteiger partial charge in [0.25, 0.3) is 11.6 Å². The molecule has 2 aliphatic heterocycles. The number of nitro groups is 1. The van der Waals surface area contributed by atoms with Crippen LogP contribution in [0.25, 0.3) is 0 Å². The molecule has 1 amide bonds. The topological polar surface area (TPSA) is 111 Å². The van der Waals surface area contributed by atoms with E-state index in [-0.39, 0.29) is 36.2 Å². The molecule has 0 N–H and O–H groups in total. The highest BCUT2D eigenvalue weighted by atomic mass is 16.6. The molecule has 1 fully saturated rings. The maximum atomic E-state index is 12.5. The van der Waals surface area contributed by atoms with Crippen LogP contribution < -0.4 is 9.47 Å². The summed E-state index contributed by atoms with van der Waals surface area (Å²) in [5.74, 6) is -0.860. The number of nitro benzene ring substituents is 1. The fourth-order valence-corrected chi connectivity index (χ4v) is 3.69. The minimum Gasteiger partial charge on any atom is -0.486 e. The van der Waals surface area contributed by atoms with Crippen LogP contribution in [0.1, 0.15) is 15.9 Å². The number of fused-ring (bicyclic) bond motifs is 1. The normalized spacial score (nSPS) is 15.8. The molecule has 0 saturated carbocycles. The average Bonchev–Trinajstić information content (AvgIpc) is 2.82. The van der Waals surface area contributed by atoms with Gasteiger partial charge in [0.05, 0.1) is 11.0 Å². The number of carbonyl (C=O) groups excluding carboxylic acids is 2. The van der Waals surface area contributed by atoms with Gasteiger partial charge >= 0.3 is 5.97 Å². The first-order valence-electron chi connectivity index (χ1n) is 10.3. The van der Waals surface area contributed by atoms with Crippen LogP contribution in [0, 0.1) is 10.1 Å². The zero-order valence-corrected chi connectivity index (χ0v) is 17.4. The lowest BCUT2D eigenvalue weighted by Crippen LogP contribution is -2.49. The van der Waals surface area contributed by atoms with Crippen molar-refractivity contribution in [2.75, 3.05) is 46.0 Å². The lowest BCUT2D eigenvalue weighted by atomic mass is 10.1. The van der Waals surface area contributed by atoms with Crippen molar-refractivity contribution in [2.24, 2.45) is 0 Å². The van der Waals surface area contributed by atoms with Crippen molar-refractivity contribution in [3.63, 3.8) is 0 Å². The zero-order chi connectivity index (χ0) is 22.5. The van der Waals surface area contributed by atoms with Crippen LogP contribution in [-0.4, -0.2) is 72.6 Å². The lowest BCUT2D eigenvalue weighted by Gasteiger charge is -2.34. The highest BCUT2D eigenvalue weighted by Gasteiger charge is 2.29. The van der Waals surface area contributed by atoms with Crippen molar-refractivity contribution in [1.82, 2.24) is 9.80 Å². The number of hydrogen-bond acceptors (Lipinski definition) is 8. The third-order valence-electron chi connectivity index (χ3n) is 5.38. The van der Waals surface area contributed by atoms with Crippen molar-refractivity contribution in [1.29, 1.82) is 0 Å². The van der Waals surface area contributed by atoms with Crippen LogP contribution >= 0.6 is 0 Å². The smallest absolute Gasteiger partial charge is 0.345 e. The Bertz CT molecular complexity index is 1000. The molecule has 0 aromatic heterocycles. The van der Waals surface area contributed by atoms with Crippen molar-refractivity contribution >= 4 is 17.6 Å². The van der Waals surface area contributed by atoms with E-state index in [1.54, 1.807) is 4.90 Å². The number of piperazine rings is 1. The molecule has 4 rings (SSSR count). The number of rotatable bonds is 6. The van der Waals surface area contributed by atoms with Crippen LogP contribution in [0.3, 0.4) is 0 Å². The Hall–Kier alpha value is -3.66. The van der Waals surface area contributed by atoms with E-state index in [1.165, 1.54) is 11.6 Å². The summed E-state index contributed by atoms with van der Waals surface area (Å²) in [6, 6.07) is 12.5. The van der Waals surface area contributed by atoms with E-state index in [1.807, 2.05) is 18.2 Å². The van der Waals surface area contributed by atoms with Crippen LogP contribution in [0.4, 0.5) is 5.69 Å². The van der Waals surface area contributed by atoms with Crippen LogP contribution in [0.2, 0.25) is 0 Å². The molecule has 32 heavy (non-hydrogen) atoms. The highest BCUT2D eigenvalue weighted by Crippen LogP contribution is 2.36. The molecule has 2 aromatic carbocycles. The monoisotopic (exact) mass is 441 g/mol. The third-order valence-corrected chi connectivity index (χ3v) is 5.38. The van der Waals surface area contributed by atoms with E-state index in [2.05, 4.69) is 17.0 Å². The Morgan fingerprint density at radius 1 is 1.00 bits per heavy atom. The zero-order valence-electron chi connectivity index (χ0n) is 17.4. The molecule has 10 heteroatoms. The summed E-state index contributed by atoms with van der Waals surface area (Å²) in [4.78, 5) is 39.6. The standard InChI is InChI=1S/C22H23N3O7/c26-21(24-8-6-23(7-9-24)14-16-4-2-1-3-5-16)15-32-22(27)17-12-19-20(31-11-10-30-19)13-18(17)25(28)29/h1-5,12-13H,6-11,14-15H2. The Labute approximate surface area is 184 Å². The van der Waals surface area contributed by atoms with Gasteiger partial charge in [0, 0.05) is 38.8 Å². The molecule has 10 nitrogen and oxygen atoms in total. The molecular formula is C22H23N3O7. The predicted octanol–water partition coefficient (Wildman–Crippen LogP) is 1.87. The quantitative estimate of drug-likeness (QED) is 0.379. The van der Waals surface area contributed by atoms with E-state index in [0.29, 0.717) is 26.2 Å². The van der Waals surface area contributed by atoms with E-state index in [9.17, 15) is 19.7 Å². The van der Waals surface area contributed by atoms with E-state index in [0.717, 1.165) is 12.6 Å². The number of hydrogen-bond donors (Lipinski definition) is 0. The van der Waals surface area contributed by atoms with Gasteiger partial charge < -0.3 is 19.1 Å². The van der Waals surface area contributed by atoms with Crippen molar-refractivity contribution in [3.8, 4) is 11.5 Å². The molecule has 0 spiro atoms. The number of amides is 1. The molecule has 2 aliphatic rings.